The van der Waals surface area contributed by atoms with Crippen LogP contribution in [0.2, 0.25) is 0 Å². The minimum Gasteiger partial charge on any atom is -0.478 e. The van der Waals surface area contributed by atoms with E-state index in [2.05, 4.69) is 6.58 Å². The van der Waals surface area contributed by atoms with Gasteiger partial charge in [0.1, 0.15) is 0 Å². The summed E-state index contributed by atoms with van der Waals surface area (Å²) < 4.78 is 2.05. The van der Waals surface area contributed by atoms with E-state index < -0.39 is 5.97 Å². The van der Waals surface area contributed by atoms with Gasteiger partial charge in [-0.3, -0.25) is 0 Å². The molecule has 0 amide bonds. The van der Waals surface area contributed by atoms with Crippen molar-refractivity contribution in [3.63, 3.8) is 0 Å². The Kier molecular flexibility index (Phi) is 4.39. The Labute approximate surface area is 113 Å². The number of para-hydroxylation sites is 1. The molecule has 2 rings (SSSR count). The van der Waals surface area contributed by atoms with Gasteiger partial charge in [-0.15, -0.1) is 6.58 Å². The van der Waals surface area contributed by atoms with Crippen molar-refractivity contribution in [1.82, 2.24) is 4.57 Å². The number of carboxylic acid groups (broad SMARTS) is 1. The van der Waals surface area contributed by atoms with E-state index in [9.17, 15) is 9.90 Å². The first-order valence-corrected chi connectivity index (χ1v) is 6.66. The number of aromatic carboxylic acids is 1. The lowest BCUT2D eigenvalue weighted by Gasteiger charge is -2.04. The number of allylic oxidation sites excluding steroid dienone is 1. The third-order valence-electron chi connectivity index (χ3n) is 3.33. The first kappa shape index (κ1) is 13.4. The highest BCUT2D eigenvalue weighted by Gasteiger charge is 2.12. The number of fused-ring (bicyclic) bond motifs is 1. The zero-order chi connectivity index (χ0) is 13.7. The van der Waals surface area contributed by atoms with E-state index >= 15 is 0 Å². The van der Waals surface area contributed by atoms with Crippen molar-refractivity contribution in [2.75, 3.05) is 0 Å². The second kappa shape index (κ2) is 6.23. The minimum atomic E-state index is -0.860. The predicted octanol–water partition coefficient (Wildman–Crippen LogP) is 4.09. The highest BCUT2D eigenvalue weighted by atomic mass is 16.4. The van der Waals surface area contributed by atoms with Crippen molar-refractivity contribution in [2.45, 2.75) is 32.2 Å². The van der Waals surface area contributed by atoms with E-state index in [0.29, 0.717) is 5.56 Å². The van der Waals surface area contributed by atoms with Crippen LogP contribution in [-0.4, -0.2) is 15.6 Å². The molecule has 1 heterocycles. The maximum atomic E-state index is 11.2. The van der Waals surface area contributed by atoms with E-state index in [1.165, 1.54) is 0 Å². The van der Waals surface area contributed by atoms with Crippen LogP contribution in [0.5, 0.6) is 0 Å². The van der Waals surface area contributed by atoms with Gasteiger partial charge in [0.2, 0.25) is 0 Å². The maximum absolute atomic E-state index is 11.2. The van der Waals surface area contributed by atoms with E-state index in [0.717, 1.165) is 43.1 Å². The molecule has 0 atom stereocenters. The van der Waals surface area contributed by atoms with Crippen molar-refractivity contribution in [2.24, 2.45) is 0 Å². The molecule has 3 nitrogen and oxygen atoms in total. The second-order valence-electron chi connectivity index (χ2n) is 4.70. The fourth-order valence-electron chi connectivity index (χ4n) is 2.35. The van der Waals surface area contributed by atoms with E-state index in [-0.39, 0.29) is 0 Å². The van der Waals surface area contributed by atoms with Crippen molar-refractivity contribution in [1.29, 1.82) is 0 Å². The fraction of sp³-hybridized carbons (Fsp3) is 0.312. The van der Waals surface area contributed by atoms with Gasteiger partial charge in [0.05, 0.1) is 5.56 Å². The maximum Gasteiger partial charge on any atom is 0.337 e. The van der Waals surface area contributed by atoms with Crippen molar-refractivity contribution in [3.8, 4) is 0 Å². The van der Waals surface area contributed by atoms with Gasteiger partial charge in [-0.1, -0.05) is 30.7 Å². The Bertz CT molecular complexity index is 583. The summed E-state index contributed by atoms with van der Waals surface area (Å²) in [5, 5.41) is 10.0. The van der Waals surface area contributed by atoms with Crippen LogP contribution in [-0.2, 0) is 6.54 Å². The minimum absolute atomic E-state index is 0.390. The number of carbonyl (C=O) groups is 1. The molecule has 0 fully saturated rings. The topological polar surface area (TPSA) is 42.2 Å². The van der Waals surface area contributed by atoms with E-state index in [4.69, 9.17) is 0 Å². The highest BCUT2D eigenvalue weighted by Crippen LogP contribution is 2.22. The molecule has 19 heavy (non-hydrogen) atoms. The average molecular weight is 257 g/mol. The summed E-state index contributed by atoms with van der Waals surface area (Å²) >= 11 is 0. The molecule has 0 saturated carbocycles. The number of aromatic nitrogens is 1. The number of nitrogens with zero attached hydrogens (tertiary/aromatic N) is 1. The Morgan fingerprint density at radius 2 is 2.05 bits per heavy atom. The molecule has 0 bridgehead atoms. The van der Waals surface area contributed by atoms with Gasteiger partial charge in [-0.2, -0.15) is 0 Å². The molecule has 1 aromatic heterocycles. The zero-order valence-corrected chi connectivity index (χ0v) is 11.0. The zero-order valence-electron chi connectivity index (χ0n) is 11.0. The number of aryl methyl sites for hydroxylation is 1. The number of benzene rings is 1. The predicted molar refractivity (Wildman–Crippen MR) is 77.6 cm³/mol. The van der Waals surface area contributed by atoms with Gasteiger partial charge in [0.15, 0.2) is 0 Å². The molecule has 3 heteroatoms. The monoisotopic (exact) mass is 257 g/mol. The molecular weight excluding hydrogens is 238 g/mol. The van der Waals surface area contributed by atoms with Crippen LogP contribution in [0.25, 0.3) is 10.9 Å². The van der Waals surface area contributed by atoms with Crippen molar-refractivity contribution < 1.29 is 9.90 Å². The quantitative estimate of drug-likeness (QED) is 0.599. The van der Waals surface area contributed by atoms with Gasteiger partial charge < -0.3 is 9.67 Å². The molecule has 1 aromatic carbocycles. The average Bonchev–Trinajstić information content (AvgIpc) is 2.78. The Morgan fingerprint density at radius 1 is 1.26 bits per heavy atom. The van der Waals surface area contributed by atoms with Crippen LogP contribution < -0.4 is 0 Å². The van der Waals surface area contributed by atoms with Crippen LogP contribution in [0.4, 0.5) is 0 Å². The first-order valence-electron chi connectivity index (χ1n) is 6.66. The normalized spacial score (nSPS) is 10.7. The highest BCUT2D eigenvalue weighted by molar-refractivity contribution is 6.03. The van der Waals surface area contributed by atoms with Gasteiger partial charge in [-0.05, 0) is 25.3 Å². The summed E-state index contributed by atoms with van der Waals surface area (Å²) in [7, 11) is 0. The lowest BCUT2D eigenvalue weighted by Crippen LogP contribution is -1.97. The smallest absolute Gasteiger partial charge is 0.337 e. The van der Waals surface area contributed by atoms with Crippen LogP contribution in [0, 0.1) is 0 Å². The number of unbranched alkanes of at least 4 members (excludes halogenated alkanes) is 3. The molecule has 1 N–H and O–H groups in total. The molecule has 2 aromatic rings. The molecule has 0 spiro atoms. The molecular formula is C16H19NO2. The molecule has 0 aliphatic rings. The summed E-state index contributed by atoms with van der Waals surface area (Å²) in [5.41, 5.74) is 1.39. The van der Waals surface area contributed by atoms with Gasteiger partial charge in [-0.25, -0.2) is 4.79 Å². The molecule has 0 saturated heterocycles. The van der Waals surface area contributed by atoms with Crippen LogP contribution in [0.3, 0.4) is 0 Å². The number of hydrogen-bond donors (Lipinski definition) is 1. The number of carboxylic acids is 1. The van der Waals surface area contributed by atoms with Crippen LogP contribution in [0.15, 0.2) is 43.1 Å². The number of rotatable bonds is 7. The Balaban J connectivity index is 2.14. The second-order valence-corrected chi connectivity index (χ2v) is 4.70. The van der Waals surface area contributed by atoms with Gasteiger partial charge >= 0.3 is 5.97 Å². The summed E-state index contributed by atoms with van der Waals surface area (Å²) in [4.78, 5) is 11.2. The molecule has 0 aliphatic carbocycles. The van der Waals surface area contributed by atoms with Crippen LogP contribution >= 0.6 is 0 Å². The molecule has 0 radical (unpaired) electrons. The Morgan fingerprint density at radius 3 is 2.79 bits per heavy atom. The molecule has 100 valence electrons. The van der Waals surface area contributed by atoms with Gasteiger partial charge in [0.25, 0.3) is 0 Å². The van der Waals surface area contributed by atoms with E-state index in [1.54, 1.807) is 6.20 Å². The van der Waals surface area contributed by atoms with Crippen molar-refractivity contribution in [3.05, 3.63) is 48.7 Å². The largest absolute Gasteiger partial charge is 0.478 e. The third-order valence-corrected chi connectivity index (χ3v) is 3.33. The van der Waals surface area contributed by atoms with Crippen LogP contribution in [0.1, 0.15) is 36.0 Å². The Hall–Kier alpha value is -2.03. The standard InChI is InChI=1S/C16H19NO2/c1-2-3-4-5-8-11-17-12-14(16(18)19)13-9-6-7-10-15(13)17/h2,6-7,9-10,12H,1,3-5,8,11H2,(H,18,19). The summed E-state index contributed by atoms with van der Waals surface area (Å²) in [6, 6.07) is 7.67. The van der Waals surface area contributed by atoms with Crippen molar-refractivity contribution >= 4 is 16.9 Å². The lowest BCUT2D eigenvalue weighted by atomic mass is 10.2. The molecule has 0 aliphatic heterocycles. The summed E-state index contributed by atoms with van der Waals surface area (Å²) in [6.45, 7) is 4.58. The SMILES string of the molecule is C=CCCCCCn1cc(C(=O)O)c2ccccc21. The number of hydrogen-bond acceptors (Lipinski definition) is 1. The summed E-state index contributed by atoms with van der Waals surface area (Å²) in [6.07, 6.45) is 8.09. The lowest BCUT2D eigenvalue weighted by molar-refractivity contribution is 0.0699. The van der Waals surface area contributed by atoms with Gasteiger partial charge in [0, 0.05) is 23.6 Å². The van der Waals surface area contributed by atoms with E-state index in [1.807, 2.05) is 34.9 Å². The third kappa shape index (κ3) is 3.05. The molecule has 0 unspecified atom stereocenters. The summed E-state index contributed by atoms with van der Waals surface area (Å²) in [5.74, 6) is -0.860. The first-order chi connectivity index (χ1) is 9.24. The fourth-order valence-corrected chi connectivity index (χ4v) is 2.35.